The Morgan fingerprint density at radius 3 is 1.33 bits per heavy atom. The van der Waals surface area contributed by atoms with Crippen molar-refractivity contribution in [2.45, 2.75) is 25.7 Å². The van der Waals surface area contributed by atoms with E-state index < -0.39 is 0 Å². The lowest BCUT2D eigenvalue weighted by Gasteiger charge is -2.19. The minimum atomic E-state index is 1.26. The van der Waals surface area contributed by atoms with Gasteiger partial charge in [-0.05, 0) is 59.1 Å². The standard InChI is InChI=1S/C18H16/c1(13-3-5-15-7-9-17(15)11-13)2-14-4-6-16-8-10-18(16)12-14/h1-6,11-12H,7-10H2. The maximum atomic E-state index is 2.33. The Kier molecular flexibility index (Phi) is 2.16. The SMILES string of the molecule is C(=Cc1ccc2c(c1)CC2)c1ccc2c(c1)CC2. The Labute approximate surface area is 108 Å². The van der Waals surface area contributed by atoms with Crippen LogP contribution >= 0.6 is 0 Å². The van der Waals surface area contributed by atoms with Crippen LogP contribution in [0.25, 0.3) is 12.2 Å². The molecular weight excluding hydrogens is 216 g/mol. The molecule has 88 valence electrons. The van der Waals surface area contributed by atoms with Crippen LogP contribution < -0.4 is 0 Å². The molecular formula is C18H16. The Morgan fingerprint density at radius 1 is 0.556 bits per heavy atom. The largest absolute Gasteiger partial charge is 0.0582 e. The summed E-state index contributed by atoms with van der Waals surface area (Å²) in [5.74, 6) is 0. The quantitative estimate of drug-likeness (QED) is 0.685. The fourth-order valence-electron chi connectivity index (χ4n) is 2.83. The van der Waals surface area contributed by atoms with Crippen LogP contribution in [-0.2, 0) is 25.7 Å². The number of hydrogen-bond donors (Lipinski definition) is 0. The summed E-state index contributed by atoms with van der Waals surface area (Å²) in [4.78, 5) is 0. The van der Waals surface area contributed by atoms with Gasteiger partial charge in [0.2, 0.25) is 0 Å². The zero-order valence-electron chi connectivity index (χ0n) is 10.4. The van der Waals surface area contributed by atoms with E-state index in [1.54, 1.807) is 0 Å². The first-order chi connectivity index (χ1) is 8.88. The molecule has 4 rings (SSSR count). The van der Waals surface area contributed by atoms with Gasteiger partial charge in [0.1, 0.15) is 0 Å². The molecule has 0 heteroatoms. The van der Waals surface area contributed by atoms with Gasteiger partial charge in [0.25, 0.3) is 0 Å². The highest BCUT2D eigenvalue weighted by Crippen LogP contribution is 2.26. The number of hydrogen-bond acceptors (Lipinski definition) is 0. The predicted octanol–water partition coefficient (Wildman–Crippen LogP) is 4.05. The Bertz CT molecular complexity index is 590. The fourth-order valence-corrected chi connectivity index (χ4v) is 2.83. The van der Waals surface area contributed by atoms with Crippen LogP contribution in [0, 0.1) is 0 Å². The molecule has 18 heavy (non-hydrogen) atoms. The summed E-state index contributed by atoms with van der Waals surface area (Å²) in [6.07, 6.45) is 9.53. The van der Waals surface area contributed by atoms with Crippen LogP contribution in [0.1, 0.15) is 33.4 Å². The van der Waals surface area contributed by atoms with E-state index in [2.05, 4.69) is 48.6 Å². The molecule has 0 N–H and O–H groups in total. The first kappa shape index (κ1) is 10.1. The summed E-state index contributed by atoms with van der Waals surface area (Å²) in [7, 11) is 0. The van der Waals surface area contributed by atoms with Gasteiger partial charge in [0, 0.05) is 0 Å². The van der Waals surface area contributed by atoms with Crippen LogP contribution in [0.3, 0.4) is 0 Å². The Hall–Kier alpha value is -1.82. The molecule has 0 nitrogen and oxygen atoms in total. The lowest BCUT2D eigenvalue weighted by atomic mass is 9.86. The van der Waals surface area contributed by atoms with E-state index in [0.717, 1.165) is 0 Å². The molecule has 0 bridgehead atoms. The summed E-state index contributed by atoms with van der Waals surface area (Å²) >= 11 is 0. The molecule has 2 aliphatic rings. The van der Waals surface area contributed by atoms with Gasteiger partial charge >= 0.3 is 0 Å². The molecule has 0 radical (unpaired) electrons. The van der Waals surface area contributed by atoms with E-state index >= 15 is 0 Å². The third kappa shape index (κ3) is 1.60. The van der Waals surface area contributed by atoms with Crippen LogP contribution in [0.15, 0.2) is 36.4 Å². The van der Waals surface area contributed by atoms with Gasteiger partial charge < -0.3 is 0 Å². The fraction of sp³-hybridized carbons (Fsp3) is 0.222. The monoisotopic (exact) mass is 232 g/mol. The molecule has 0 heterocycles. The molecule has 0 spiro atoms. The van der Waals surface area contributed by atoms with Gasteiger partial charge in [-0.25, -0.2) is 0 Å². The van der Waals surface area contributed by atoms with Gasteiger partial charge in [0.05, 0.1) is 0 Å². The van der Waals surface area contributed by atoms with Crippen molar-refractivity contribution in [3.63, 3.8) is 0 Å². The molecule has 2 aliphatic carbocycles. The van der Waals surface area contributed by atoms with E-state index in [1.165, 1.54) is 59.1 Å². The minimum absolute atomic E-state index is 1.26. The lowest BCUT2D eigenvalue weighted by Crippen LogP contribution is -2.07. The van der Waals surface area contributed by atoms with Crippen LogP contribution in [0.2, 0.25) is 0 Å². The highest BCUT2D eigenvalue weighted by atomic mass is 14.2. The predicted molar refractivity (Wildman–Crippen MR) is 76.6 cm³/mol. The molecule has 0 aromatic heterocycles. The summed E-state index contributed by atoms with van der Waals surface area (Å²) in [6.45, 7) is 0. The maximum absolute atomic E-state index is 2.33. The third-order valence-corrected chi connectivity index (χ3v) is 4.26. The van der Waals surface area contributed by atoms with Crippen molar-refractivity contribution >= 4 is 12.2 Å². The van der Waals surface area contributed by atoms with Crippen molar-refractivity contribution in [2.24, 2.45) is 0 Å². The van der Waals surface area contributed by atoms with Crippen LogP contribution in [0.5, 0.6) is 0 Å². The Morgan fingerprint density at radius 2 is 1.00 bits per heavy atom. The number of aryl methyl sites for hydroxylation is 4. The van der Waals surface area contributed by atoms with Gasteiger partial charge in [-0.3, -0.25) is 0 Å². The second-order valence-electron chi connectivity index (χ2n) is 5.39. The first-order valence-corrected chi connectivity index (χ1v) is 6.80. The minimum Gasteiger partial charge on any atom is -0.0582 e. The third-order valence-electron chi connectivity index (χ3n) is 4.26. The van der Waals surface area contributed by atoms with Crippen molar-refractivity contribution in [1.82, 2.24) is 0 Å². The van der Waals surface area contributed by atoms with Crippen molar-refractivity contribution in [1.29, 1.82) is 0 Å². The molecule has 2 aromatic rings. The van der Waals surface area contributed by atoms with E-state index in [0.29, 0.717) is 0 Å². The van der Waals surface area contributed by atoms with Crippen molar-refractivity contribution in [3.8, 4) is 0 Å². The molecule has 0 fully saturated rings. The molecule has 0 saturated heterocycles. The van der Waals surface area contributed by atoms with Crippen LogP contribution in [0.4, 0.5) is 0 Å². The van der Waals surface area contributed by atoms with Gasteiger partial charge in [-0.15, -0.1) is 0 Å². The van der Waals surface area contributed by atoms with Crippen LogP contribution in [-0.4, -0.2) is 0 Å². The summed E-state index contributed by atoms with van der Waals surface area (Å²) < 4.78 is 0. The second-order valence-corrected chi connectivity index (χ2v) is 5.39. The lowest BCUT2D eigenvalue weighted by molar-refractivity contribution is 0.838. The van der Waals surface area contributed by atoms with E-state index in [4.69, 9.17) is 0 Å². The van der Waals surface area contributed by atoms with Crippen molar-refractivity contribution in [2.75, 3.05) is 0 Å². The molecule has 0 amide bonds. The maximum Gasteiger partial charge on any atom is -0.0235 e. The van der Waals surface area contributed by atoms with Gasteiger partial charge in [-0.1, -0.05) is 48.6 Å². The topological polar surface area (TPSA) is 0 Å². The molecule has 2 aromatic carbocycles. The van der Waals surface area contributed by atoms with E-state index in [1.807, 2.05) is 0 Å². The average Bonchev–Trinajstić information content (AvgIpc) is 2.32. The van der Waals surface area contributed by atoms with E-state index in [9.17, 15) is 0 Å². The zero-order chi connectivity index (χ0) is 11.9. The normalized spacial score (nSPS) is 15.8. The van der Waals surface area contributed by atoms with E-state index in [-0.39, 0.29) is 0 Å². The summed E-state index contributed by atoms with van der Waals surface area (Å²) in [6, 6.07) is 13.7. The van der Waals surface area contributed by atoms with Crippen molar-refractivity contribution in [3.05, 3.63) is 69.8 Å². The Balaban J connectivity index is 1.60. The highest BCUT2D eigenvalue weighted by molar-refractivity contribution is 5.71. The summed E-state index contributed by atoms with van der Waals surface area (Å²) in [5.41, 5.74) is 8.80. The number of benzene rings is 2. The van der Waals surface area contributed by atoms with Gasteiger partial charge in [0.15, 0.2) is 0 Å². The summed E-state index contributed by atoms with van der Waals surface area (Å²) in [5, 5.41) is 0. The average molecular weight is 232 g/mol. The number of rotatable bonds is 2. The molecule has 0 atom stereocenters. The van der Waals surface area contributed by atoms with Gasteiger partial charge in [-0.2, -0.15) is 0 Å². The second kappa shape index (κ2) is 3.84. The van der Waals surface area contributed by atoms with Crippen molar-refractivity contribution < 1.29 is 0 Å². The molecule has 0 unspecified atom stereocenters. The smallest absolute Gasteiger partial charge is 0.0235 e. The highest BCUT2D eigenvalue weighted by Gasteiger charge is 2.12. The number of fused-ring (bicyclic) bond motifs is 2. The molecule has 0 aliphatic heterocycles. The molecule has 0 saturated carbocycles. The first-order valence-electron chi connectivity index (χ1n) is 6.80. The zero-order valence-corrected chi connectivity index (χ0v) is 10.4.